The number of fused-ring (bicyclic) bond motifs is 2. The van der Waals surface area contributed by atoms with Gasteiger partial charge >= 0.3 is 0 Å². The maximum absolute atomic E-state index is 13.1. The first-order chi connectivity index (χ1) is 16.0. The van der Waals surface area contributed by atoms with Gasteiger partial charge < -0.3 is 24.9 Å². The lowest BCUT2D eigenvalue weighted by Crippen LogP contribution is -2.53. The summed E-state index contributed by atoms with van der Waals surface area (Å²) in [6.45, 7) is 1.89. The molecule has 1 saturated heterocycles. The molecule has 8 heteroatoms. The van der Waals surface area contributed by atoms with Crippen LogP contribution < -0.4 is 5.73 Å². The summed E-state index contributed by atoms with van der Waals surface area (Å²) in [6.07, 6.45) is 2.54. The fraction of sp³-hybridized carbons (Fsp3) is 0.385. The highest BCUT2D eigenvalue weighted by Crippen LogP contribution is 2.36. The second-order valence-corrected chi connectivity index (χ2v) is 9.61. The molecule has 1 aliphatic heterocycles. The van der Waals surface area contributed by atoms with Gasteiger partial charge in [-0.3, -0.25) is 4.79 Å². The van der Waals surface area contributed by atoms with E-state index in [0.717, 1.165) is 35.0 Å². The zero-order valence-corrected chi connectivity index (χ0v) is 20.0. The minimum absolute atomic E-state index is 0. The summed E-state index contributed by atoms with van der Waals surface area (Å²) in [4.78, 5) is 19.8. The molecule has 1 saturated carbocycles. The monoisotopic (exact) mass is 479 g/mol. The summed E-state index contributed by atoms with van der Waals surface area (Å²) in [5.41, 5.74) is 10.8. The van der Waals surface area contributed by atoms with E-state index in [1.54, 1.807) is 4.90 Å². The van der Waals surface area contributed by atoms with Crippen molar-refractivity contribution < 1.29 is 9.90 Å². The predicted molar refractivity (Wildman–Crippen MR) is 136 cm³/mol. The van der Waals surface area contributed by atoms with Gasteiger partial charge in [0.05, 0.1) is 22.8 Å². The van der Waals surface area contributed by atoms with Gasteiger partial charge in [-0.15, -0.1) is 12.4 Å². The van der Waals surface area contributed by atoms with Crippen LogP contribution in [0.5, 0.6) is 0 Å². The molecule has 0 unspecified atom stereocenters. The van der Waals surface area contributed by atoms with Gasteiger partial charge in [-0.25, -0.2) is 4.98 Å². The number of likely N-dealkylation sites (tertiary alicyclic amines) is 1. The fourth-order valence-electron chi connectivity index (χ4n) is 5.05. The normalized spacial score (nSPS) is 20.6. The van der Waals surface area contributed by atoms with Crippen LogP contribution >= 0.6 is 12.4 Å². The van der Waals surface area contributed by atoms with Crippen LogP contribution in [0, 0.1) is 5.92 Å². The molecule has 1 aliphatic carbocycles. The van der Waals surface area contributed by atoms with Gasteiger partial charge in [-0.05, 0) is 55.5 Å². The molecule has 6 rings (SSSR count). The summed E-state index contributed by atoms with van der Waals surface area (Å²) >= 11 is 0. The number of amides is 1. The van der Waals surface area contributed by atoms with E-state index in [-0.39, 0.29) is 18.3 Å². The molecule has 3 N–H and O–H groups in total. The first kappa shape index (κ1) is 22.9. The lowest BCUT2D eigenvalue weighted by Gasteiger charge is -2.34. The second kappa shape index (κ2) is 8.73. The molecule has 2 aliphatic rings. The lowest BCUT2D eigenvalue weighted by atomic mass is 10.0. The van der Waals surface area contributed by atoms with E-state index in [0.29, 0.717) is 25.1 Å². The molecular formula is C26H30ClN5O2. The molecule has 0 bridgehead atoms. The second-order valence-electron chi connectivity index (χ2n) is 9.61. The number of rotatable bonds is 4. The van der Waals surface area contributed by atoms with Crippen LogP contribution in [0.3, 0.4) is 0 Å². The van der Waals surface area contributed by atoms with Gasteiger partial charge in [-0.2, -0.15) is 0 Å². The molecule has 2 aromatic carbocycles. The highest BCUT2D eigenvalue weighted by Gasteiger charge is 2.29. The predicted octanol–water partition coefficient (Wildman–Crippen LogP) is 3.56. The lowest BCUT2D eigenvalue weighted by molar-refractivity contribution is 0.0459. The van der Waals surface area contributed by atoms with Crippen LogP contribution in [-0.2, 0) is 13.6 Å². The Bertz CT molecular complexity index is 1370. The minimum atomic E-state index is -0.544. The summed E-state index contributed by atoms with van der Waals surface area (Å²) in [5, 5.41) is 11.1. The van der Waals surface area contributed by atoms with E-state index in [2.05, 4.69) is 39.5 Å². The SMILES string of the molecule is Cl.Cn1c(-c2cc3ccccc3n2CC2CC2)nc2cc(C(=O)N3CC[C@@H](O)[C@@H](N)C3)ccc21. The van der Waals surface area contributed by atoms with Crippen LogP contribution in [0.1, 0.15) is 29.6 Å². The number of benzene rings is 2. The van der Waals surface area contributed by atoms with Crippen molar-refractivity contribution in [1.82, 2.24) is 19.0 Å². The molecule has 2 atom stereocenters. The van der Waals surface area contributed by atoms with Crippen molar-refractivity contribution in [1.29, 1.82) is 0 Å². The van der Waals surface area contributed by atoms with Crippen molar-refractivity contribution in [3.8, 4) is 11.5 Å². The third kappa shape index (κ3) is 3.87. The quantitative estimate of drug-likeness (QED) is 0.468. The summed E-state index contributed by atoms with van der Waals surface area (Å²) in [5.74, 6) is 1.59. The van der Waals surface area contributed by atoms with Gasteiger partial charge in [0, 0.05) is 49.2 Å². The number of nitrogens with zero attached hydrogens (tertiary/aromatic N) is 4. The van der Waals surface area contributed by atoms with Crippen molar-refractivity contribution in [2.24, 2.45) is 18.7 Å². The first-order valence-corrected chi connectivity index (χ1v) is 11.8. The zero-order valence-electron chi connectivity index (χ0n) is 19.2. The number of hydrogen-bond donors (Lipinski definition) is 2. The highest BCUT2D eigenvalue weighted by molar-refractivity contribution is 5.98. The molecule has 0 radical (unpaired) electrons. The minimum Gasteiger partial charge on any atom is -0.391 e. The third-order valence-electron chi connectivity index (χ3n) is 7.21. The summed E-state index contributed by atoms with van der Waals surface area (Å²) in [6, 6.07) is 16.1. The number of aliphatic hydroxyl groups is 1. The van der Waals surface area contributed by atoms with Crippen molar-refractivity contribution in [2.45, 2.75) is 38.0 Å². The van der Waals surface area contributed by atoms with Crippen LogP contribution in [0.2, 0.25) is 0 Å². The van der Waals surface area contributed by atoms with Crippen LogP contribution in [0.4, 0.5) is 0 Å². The number of carbonyl (C=O) groups excluding carboxylic acids is 1. The van der Waals surface area contributed by atoms with E-state index in [1.807, 2.05) is 25.2 Å². The number of aromatic nitrogens is 3. The number of aryl methyl sites for hydroxylation is 1. The Morgan fingerprint density at radius 3 is 2.68 bits per heavy atom. The standard InChI is InChI=1S/C26H29N5O2.ClH/c1-29-22-9-8-18(26(33)30-11-10-24(32)19(27)15-30)12-20(22)28-25(29)23-13-17-4-2-3-5-21(17)31(23)14-16-6-7-16;/h2-5,8-9,12-13,16,19,24,32H,6-7,10-11,14-15,27H2,1H3;1H/t19-,24+;/m0./s1. The average Bonchev–Trinajstić information content (AvgIpc) is 3.49. The Balaban J connectivity index is 0.00000241. The topological polar surface area (TPSA) is 89.3 Å². The molecule has 4 aromatic rings. The van der Waals surface area contributed by atoms with Gasteiger partial charge in [0.15, 0.2) is 5.82 Å². The molecule has 2 fully saturated rings. The smallest absolute Gasteiger partial charge is 0.253 e. The summed E-state index contributed by atoms with van der Waals surface area (Å²) < 4.78 is 4.52. The van der Waals surface area contributed by atoms with Gasteiger partial charge in [-0.1, -0.05) is 18.2 Å². The molecule has 7 nitrogen and oxygen atoms in total. The van der Waals surface area contributed by atoms with Crippen LogP contribution in [0.25, 0.3) is 33.5 Å². The number of nitrogens with two attached hydrogens (primary N) is 1. The maximum atomic E-state index is 13.1. The van der Waals surface area contributed by atoms with Crippen LogP contribution in [-0.4, -0.2) is 55.3 Å². The van der Waals surface area contributed by atoms with E-state index >= 15 is 0 Å². The van der Waals surface area contributed by atoms with E-state index in [9.17, 15) is 9.90 Å². The van der Waals surface area contributed by atoms with E-state index < -0.39 is 12.1 Å². The molecule has 0 spiro atoms. The molecular weight excluding hydrogens is 450 g/mol. The Morgan fingerprint density at radius 1 is 1.12 bits per heavy atom. The van der Waals surface area contributed by atoms with Gasteiger partial charge in [0.2, 0.25) is 0 Å². The number of carbonyl (C=O) groups is 1. The molecule has 1 amide bonds. The van der Waals surface area contributed by atoms with Crippen molar-refractivity contribution in [3.05, 3.63) is 54.1 Å². The zero-order chi connectivity index (χ0) is 22.7. The number of para-hydroxylation sites is 1. The Hall–Kier alpha value is -2.87. The third-order valence-corrected chi connectivity index (χ3v) is 7.21. The average molecular weight is 480 g/mol. The number of halogens is 1. The summed E-state index contributed by atoms with van der Waals surface area (Å²) in [7, 11) is 2.04. The van der Waals surface area contributed by atoms with Gasteiger partial charge in [0.1, 0.15) is 0 Å². The maximum Gasteiger partial charge on any atom is 0.253 e. The van der Waals surface area contributed by atoms with Crippen molar-refractivity contribution in [2.75, 3.05) is 13.1 Å². The molecule has 34 heavy (non-hydrogen) atoms. The van der Waals surface area contributed by atoms with Crippen molar-refractivity contribution >= 4 is 40.3 Å². The fourth-order valence-corrected chi connectivity index (χ4v) is 5.05. The van der Waals surface area contributed by atoms with Crippen LogP contribution in [0.15, 0.2) is 48.5 Å². The first-order valence-electron chi connectivity index (χ1n) is 11.8. The Morgan fingerprint density at radius 2 is 1.91 bits per heavy atom. The van der Waals surface area contributed by atoms with E-state index in [1.165, 1.54) is 23.7 Å². The Labute approximate surface area is 204 Å². The number of aliphatic hydroxyl groups excluding tert-OH is 1. The molecule has 3 heterocycles. The number of imidazole rings is 1. The highest BCUT2D eigenvalue weighted by atomic mass is 35.5. The Kier molecular flexibility index (Phi) is 5.88. The molecule has 2 aromatic heterocycles. The van der Waals surface area contributed by atoms with Gasteiger partial charge in [0.25, 0.3) is 5.91 Å². The van der Waals surface area contributed by atoms with Crippen molar-refractivity contribution in [3.63, 3.8) is 0 Å². The largest absolute Gasteiger partial charge is 0.391 e. The number of hydrogen-bond acceptors (Lipinski definition) is 4. The van der Waals surface area contributed by atoms with E-state index in [4.69, 9.17) is 10.7 Å². The number of piperidine rings is 1. The molecule has 178 valence electrons.